The van der Waals surface area contributed by atoms with E-state index in [4.69, 9.17) is 4.74 Å². The first kappa shape index (κ1) is 21.1. The number of carbonyl (C=O) groups is 1. The highest BCUT2D eigenvalue weighted by atomic mass is 32.2. The molecule has 140 valence electrons. The average Bonchev–Trinajstić information content (AvgIpc) is 3.32. The summed E-state index contributed by atoms with van der Waals surface area (Å²) in [4.78, 5) is 13.7. The molecule has 0 aromatic heterocycles. The number of amides is 1. The molecule has 1 aromatic rings. The molecular weight excluding hydrogens is 336 g/mol. The predicted octanol–water partition coefficient (Wildman–Crippen LogP) is 4.47. The fraction of sp³-hybridized carbons (Fsp3) is 0.474. The third kappa shape index (κ3) is 5.26. The van der Waals surface area contributed by atoms with E-state index in [0.717, 1.165) is 17.7 Å². The predicted molar refractivity (Wildman–Crippen MR) is 107 cm³/mol. The van der Waals surface area contributed by atoms with Crippen LogP contribution in [-0.2, 0) is 6.54 Å². The van der Waals surface area contributed by atoms with Crippen molar-refractivity contribution in [2.45, 2.75) is 45.5 Å². The zero-order valence-corrected chi connectivity index (χ0v) is 16.7. The fourth-order valence-corrected chi connectivity index (χ4v) is 4.25. The maximum Gasteiger partial charge on any atom is 0.276 e. The molecule has 25 heavy (non-hydrogen) atoms. The Kier molecular flexibility index (Phi) is 8.03. The number of aliphatic hydroxyl groups excluding tert-OH is 1. The third-order valence-corrected chi connectivity index (χ3v) is 6.03. The molecule has 2 N–H and O–H groups in total. The van der Waals surface area contributed by atoms with E-state index in [1.54, 1.807) is 12.0 Å². The molecule has 2 atom stereocenters. The van der Waals surface area contributed by atoms with Gasteiger partial charge in [-0.05, 0) is 43.0 Å². The summed E-state index contributed by atoms with van der Waals surface area (Å²) >= 11 is 0. The summed E-state index contributed by atoms with van der Waals surface area (Å²) in [6.45, 7) is 12.8. The van der Waals surface area contributed by atoms with Crippen molar-refractivity contribution in [1.82, 2.24) is 10.2 Å². The van der Waals surface area contributed by atoms with Crippen LogP contribution in [0.2, 0.25) is 0 Å². The summed E-state index contributed by atoms with van der Waals surface area (Å²) in [5.74, 6) is 0.810. The third-order valence-electron chi connectivity index (χ3n) is 3.81. The van der Waals surface area contributed by atoms with Crippen LogP contribution in [-0.4, -0.2) is 39.1 Å². The molecule has 0 saturated heterocycles. The molecular formula is C19H30N2O3S. The highest BCUT2D eigenvalue weighted by molar-refractivity contribution is 8.36. The van der Waals surface area contributed by atoms with E-state index in [2.05, 4.69) is 11.9 Å². The molecule has 0 fully saturated rings. The van der Waals surface area contributed by atoms with Crippen LogP contribution in [0.4, 0.5) is 4.79 Å². The van der Waals surface area contributed by atoms with Crippen molar-refractivity contribution in [3.8, 4) is 5.75 Å². The highest BCUT2D eigenvalue weighted by Gasteiger charge is 2.48. The lowest BCUT2D eigenvalue weighted by Crippen LogP contribution is -2.38. The first-order chi connectivity index (χ1) is 11.9. The number of aliphatic hydroxyl groups is 1. The van der Waals surface area contributed by atoms with Crippen LogP contribution in [0.1, 0.15) is 39.7 Å². The van der Waals surface area contributed by atoms with Gasteiger partial charge in [-0.25, -0.2) is 0 Å². The normalized spacial score (nSPS) is 20.4. The Hall–Kier alpha value is -1.95. The maximum atomic E-state index is 12.4. The van der Waals surface area contributed by atoms with Crippen molar-refractivity contribution in [1.29, 1.82) is 0 Å². The summed E-state index contributed by atoms with van der Waals surface area (Å²) in [5, 5.41) is 14.7. The zero-order valence-electron chi connectivity index (χ0n) is 15.8. The Balaban J connectivity index is 0.00000151. The maximum absolute atomic E-state index is 12.4. The standard InChI is InChI=1S/C17H24N2O3S.C2H6/c1-5-10-19(13(2)20)17(3)12-23(17)16(21)18-11-14-6-8-15(22-4)9-7-14;1-2/h6-9,12,20H,2,5,10-11H2,1,3-4H3,(H,18,21);1-2H3. The number of hydrogen-bond acceptors (Lipinski definition) is 4. The molecule has 1 aromatic carbocycles. The minimum Gasteiger partial charge on any atom is -0.497 e. The Morgan fingerprint density at radius 2 is 1.96 bits per heavy atom. The molecule has 5 nitrogen and oxygen atoms in total. The Morgan fingerprint density at radius 1 is 1.36 bits per heavy atom. The summed E-state index contributed by atoms with van der Waals surface area (Å²) in [5.41, 5.74) is 1.02. The lowest BCUT2D eigenvalue weighted by atomic mass is 10.2. The van der Waals surface area contributed by atoms with Gasteiger partial charge in [0.2, 0.25) is 0 Å². The minimum atomic E-state index is -0.540. The smallest absolute Gasteiger partial charge is 0.276 e. The van der Waals surface area contributed by atoms with E-state index in [-0.39, 0.29) is 11.1 Å². The summed E-state index contributed by atoms with van der Waals surface area (Å²) in [6, 6.07) is 7.60. The molecule has 0 radical (unpaired) electrons. The van der Waals surface area contributed by atoms with Crippen molar-refractivity contribution >= 4 is 21.1 Å². The van der Waals surface area contributed by atoms with Gasteiger partial charge in [0, 0.05) is 13.1 Å². The molecule has 1 aliphatic heterocycles. The van der Waals surface area contributed by atoms with E-state index in [0.29, 0.717) is 13.1 Å². The highest BCUT2D eigenvalue weighted by Crippen LogP contribution is 2.49. The first-order valence-electron chi connectivity index (χ1n) is 8.58. The van der Waals surface area contributed by atoms with E-state index in [1.165, 1.54) is 0 Å². The number of hydrogen-bond donors (Lipinski definition) is 2. The van der Waals surface area contributed by atoms with Gasteiger partial charge in [-0.15, -0.1) is 0 Å². The molecule has 6 heteroatoms. The van der Waals surface area contributed by atoms with Gasteiger partial charge >= 0.3 is 0 Å². The number of rotatable bonds is 7. The number of benzene rings is 1. The van der Waals surface area contributed by atoms with Crippen molar-refractivity contribution in [2.24, 2.45) is 0 Å². The van der Waals surface area contributed by atoms with Gasteiger partial charge in [0.1, 0.15) is 10.6 Å². The number of nitrogens with zero attached hydrogens (tertiary/aromatic N) is 1. The van der Waals surface area contributed by atoms with Gasteiger partial charge in [-0.1, -0.05) is 43.4 Å². The average molecular weight is 367 g/mol. The quantitative estimate of drug-likeness (QED) is 0.552. The van der Waals surface area contributed by atoms with E-state index >= 15 is 0 Å². The second kappa shape index (κ2) is 9.51. The minimum absolute atomic E-state index is 0.00864. The zero-order chi connectivity index (χ0) is 19.0. The van der Waals surface area contributed by atoms with Gasteiger partial charge in [-0.2, -0.15) is 0 Å². The Bertz CT molecular complexity index is 628. The molecule has 1 heterocycles. The molecule has 0 bridgehead atoms. The van der Waals surface area contributed by atoms with Gasteiger partial charge in [0.25, 0.3) is 5.24 Å². The molecule has 0 spiro atoms. The Morgan fingerprint density at radius 3 is 2.44 bits per heavy atom. The summed E-state index contributed by atoms with van der Waals surface area (Å²) < 4.78 is 5.11. The van der Waals surface area contributed by atoms with Gasteiger partial charge in [0.15, 0.2) is 5.88 Å². The number of methoxy groups -OCH3 is 1. The topological polar surface area (TPSA) is 61.8 Å². The van der Waals surface area contributed by atoms with E-state index in [1.807, 2.05) is 57.3 Å². The van der Waals surface area contributed by atoms with Crippen LogP contribution in [0.15, 0.2) is 36.7 Å². The lowest BCUT2D eigenvalue weighted by molar-refractivity contribution is 0.182. The Labute approximate surface area is 153 Å². The fourth-order valence-electron chi connectivity index (χ4n) is 2.44. The first-order valence-corrected chi connectivity index (χ1v) is 9.86. The lowest BCUT2D eigenvalue weighted by Gasteiger charge is -2.30. The molecule has 1 aliphatic rings. The van der Waals surface area contributed by atoms with Crippen LogP contribution in [0, 0.1) is 0 Å². The molecule has 0 saturated carbocycles. The SMILES string of the molecule is C=C(O)N(CCC)C1(C)C=S1C(=O)NCc1ccc(OC)cc1.CC. The summed E-state index contributed by atoms with van der Waals surface area (Å²) in [7, 11) is 1.08. The van der Waals surface area contributed by atoms with Crippen molar-refractivity contribution in [3.63, 3.8) is 0 Å². The second-order valence-electron chi connectivity index (χ2n) is 5.57. The molecule has 2 rings (SSSR count). The van der Waals surface area contributed by atoms with Crippen molar-refractivity contribution < 1.29 is 14.6 Å². The molecule has 2 unspecified atom stereocenters. The van der Waals surface area contributed by atoms with E-state index in [9.17, 15) is 9.90 Å². The largest absolute Gasteiger partial charge is 0.497 e. The number of ether oxygens (including phenoxy) is 1. The van der Waals surface area contributed by atoms with Gasteiger partial charge < -0.3 is 20.1 Å². The monoisotopic (exact) mass is 366 g/mol. The van der Waals surface area contributed by atoms with Crippen LogP contribution in [0.5, 0.6) is 5.75 Å². The number of carbonyl (C=O) groups excluding carboxylic acids is 1. The van der Waals surface area contributed by atoms with Gasteiger partial charge in [0.05, 0.1) is 7.11 Å². The van der Waals surface area contributed by atoms with Crippen LogP contribution in [0.25, 0.3) is 0 Å². The van der Waals surface area contributed by atoms with Crippen LogP contribution < -0.4 is 10.1 Å². The summed E-state index contributed by atoms with van der Waals surface area (Å²) in [6.07, 6.45) is 0.883. The number of nitrogens with one attached hydrogen (secondary N) is 1. The molecule has 0 aliphatic carbocycles. The van der Waals surface area contributed by atoms with Crippen LogP contribution >= 0.6 is 10.5 Å². The molecule has 1 amide bonds. The van der Waals surface area contributed by atoms with Gasteiger partial charge in [-0.3, -0.25) is 4.79 Å². The van der Waals surface area contributed by atoms with Crippen molar-refractivity contribution in [3.05, 3.63) is 42.3 Å². The van der Waals surface area contributed by atoms with E-state index < -0.39 is 15.4 Å². The van der Waals surface area contributed by atoms with Crippen molar-refractivity contribution in [2.75, 3.05) is 13.7 Å². The van der Waals surface area contributed by atoms with Crippen LogP contribution in [0.3, 0.4) is 0 Å². The second-order valence-corrected chi connectivity index (χ2v) is 7.68.